The van der Waals surface area contributed by atoms with Gasteiger partial charge in [0.25, 0.3) is 0 Å². The summed E-state index contributed by atoms with van der Waals surface area (Å²) < 4.78 is 0.597. The Morgan fingerprint density at radius 1 is 1.50 bits per heavy atom. The van der Waals surface area contributed by atoms with Gasteiger partial charge in [-0.3, -0.25) is 14.5 Å². The van der Waals surface area contributed by atoms with Crippen molar-refractivity contribution in [3.8, 4) is 0 Å². The Kier molecular flexibility index (Phi) is 5.78. The monoisotopic (exact) mass is 288 g/mol. The first-order chi connectivity index (χ1) is 8.49. The van der Waals surface area contributed by atoms with Crippen molar-refractivity contribution in [2.45, 2.75) is 19.9 Å². The maximum Gasteiger partial charge on any atom is 0.233 e. The van der Waals surface area contributed by atoms with Gasteiger partial charge in [0.05, 0.1) is 21.8 Å². The maximum atomic E-state index is 12.2. The minimum atomic E-state index is -0.331. The van der Waals surface area contributed by atoms with Gasteiger partial charge in [0.15, 0.2) is 5.78 Å². The molecular weight excluding hydrogens is 272 g/mol. The lowest BCUT2D eigenvalue weighted by Gasteiger charge is -2.25. The number of halogens is 1. The molecule has 1 aromatic rings. The van der Waals surface area contributed by atoms with E-state index in [0.717, 1.165) is 0 Å². The van der Waals surface area contributed by atoms with Gasteiger partial charge in [-0.25, -0.2) is 0 Å². The molecule has 1 N–H and O–H groups in total. The lowest BCUT2D eigenvalue weighted by molar-refractivity contribution is -0.121. The van der Waals surface area contributed by atoms with Crippen LogP contribution in [0.15, 0.2) is 12.1 Å². The number of Topliss-reactive ketones (excluding diaryl/α,β-unsaturated/α-hetero) is 1. The molecule has 0 aromatic carbocycles. The van der Waals surface area contributed by atoms with Crippen molar-refractivity contribution >= 4 is 34.6 Å². The predicted octanol–water partition coefficient (Wildman–Crippen LogP) is 2.04. The molecule has 0 fully saturated rings. The van der Waals surface area contributed by atoms with Crippen molar-refractivity contribution in [1.29, 1.82) is 0 Å². The fourth-order valence-corrected chi connectivity index (χ4v) is 2.67. The van der Waals surface area contributed by atoms with Crippen LogP contribution in [0.5, 0.6) is 0 Å². The number of hydrogen-bond donors (Lipinski definition) is 1. The van der Waals surface area contributed by atoms with E-state index in [1.54, 1.807) is 19.2 Å². The Morgan fingerprint density at radius 2 is 2.17 bits per heavy atom. The van der Waals surface area contributed by atoms with E-state index < -0.39 is 0 Å². The number of thiophene rings is 1. The predicted molar refractivity (Wildman–Crippen MR) is 74.4 cm³/mol. The Morgan fingerprint density at radius 3 is 2.61 bits per heavy atom. The zero-order valence-corrected chi connectivity index (χ0v) is 12.3. The van der Waals surface area contributed by atoms with Crippen LogP contribution in [0.25, 0.3) is 0 Å². The number of ketones is 1. The Hall–Kier alpha value is -0.910. The summed E-state index contributed by atoms with van der Waals surface area (Å²) in [6.45, 7) is 4.59. The first kappa shape index (κ1) is 15.1. The van der Waals surface area contributed by atoms with Gasteiger partial charge in [-0.2, -0.15) is 0 Å². The molecule has 1 amide bonds. The zero-order chi connectivity index (χ0) is 13.7. The van der Waals surface area contributed by atoms with Gasteiger partial charge in [-0.15, -0.1) is 11.3 Å². The second-order valence-corrected chi connectivity index (χ2v) is 5.60. The molecule has 0 spiro atoms. The molecule has 1 heterocycles. The summed E-state index contributed by atoms with van der Waals surface area (Å²) >= 11 is 7.08. The summed E-state index contributed by atoms with van der Waals surface area (Å²) in [6.07, 6.45) is 0. The largest absolute Gasteiger partial charge is 0.358 e. The van der Waals surface area contributed by atoms with E-state index in [0.29, 0.717) is 15.8 Å². The van der Waals surface area contributed by atoms with Crippen LogP contribution in [0.2, 0.25) is 4.34 Å². The lowest BCUT2D eigenvalue weighted by atomic mass is 10.1. The molecule has 100 valence electrons. The SMILES string of the molecule is CCN(CC(=O)NC)C(C)C(=O)c1ccc(Cl)s1. The van der Waals surface area contributed by atoms with Crippen LogP contribution >= 0.6 is 22.9 Å². The highest BCUT2D eigenvalue weighted by atomic mass is 35.5. The topological polar surface area (TPSA) is 49.4 Å². The summed E-state index contributed by atoms with van der Waals surface area (Å²) in [5, 5.41) is 2.56. The first-order valence-electron chi connectivity index (χ1n) is 5.73. The summed E-state index contributed by atoms with van der Waals surface area (Å²) in [6, 6.07) is 3.10. The van der Waals surface area contributed by atoms with Gasteiger partial charge in [-0.05, 0) is 25.6 Å². The first-order valence-corrected chi connectivity index (χ1v) is 6.93. The van der Waals surface area contributed by atoms with E-state index in [2.05, 4.69) is 5.32 Å². The number of likely N-dealkylation sites (N-methyl/N-ethyl adjacent to an activating group) is 2. The molecule has 0 radical (unpaired) electrons. The third-order valence-electron chi connectivity index (χ3n) is 2.77. The number of carbonyl (C=O) groups excluding carboxylic acids is 2. The van der Waals surface area contributed by atoms with Crippen molar-refractivity contribution in [3.63, 3.8) is 0 Å². The Bertz CT molecular complexity index is 433. The zero-order valence-electron chi connectivity index (χ0n) is 10.7. The van der Waals surface area contributed by atoms with Crippen molar-refractivity contribution in [1.82, 2.24) is 10.2 Å². The van der Waals surface area contributed by atoms with Crippen molar-refractivity contribution < 1.29 is 9.59 Å². The lowest BCUT2D eigenvalue weighted by Crippen LogP contribution is -2.44. The molecule has 1 aromatic heterocycles. The molecule has 1 unspecified atom stereocenters. The van der Waals surface area contributed by atoms with Crippen molar-refractivity contribution in [2.24, 2.45) is 0 Å². The normalized spacial score (nSPS) is 12.5. The average molecular weight is 289 g/mol. The second-order valence-electron chi connectivity index (χ2n) is 3.88. The minimum absolute atomic E-state index is 0.00217. The van der Waals surface area contributed by atoms with E-state index >= 15 is 0 Å². The Labute approximate surface area is 116 Å². The maximum absolute atomic E-state index is 12.2. The fraction of sp³-hybridized carbons (Fsp3) is 0.500. The number of carbonyl (C=O) groups is 2. The van der Waals surface area contributed by atoms with Gasteiger partial charge < -0.3 is 5.32 Å². The molecule has 0 aliphatic heterocycles. The Balaban J connectivity index is 2.74. The molecule has 6 heteroatoms. The smallest absolute Gasteiger partial charge is 0.233 e. The van der Waals surface area contributed by atoms with E-state index in [1.807, 2.05) is 18.7 Å². The van der Waals surface area contributed by atoms with E-state index in [9.17, 15) is 9.59 Å². The van der Waals surface area contributed by atoms with Crippen LogP contribution in [0.1, 0.15) is 23.5 Å². The average Bonchev–Trinajstić information content (AvgIpc) is 2.80. The number of nitrogens with one attached hydrogen (secondary N) is 1. The minimum Gasteiger partial charge on any atom is -0.358 e. The van der Waals surface area contributed by atoms with Crippen molar-refractivity contribution in [2.75, 3.05) is 20.1 Å². The van der Waals surface area contributed by atoms with Crippen LogP contribution in [-0.2, 0) is 4.79 Å². The van der Waals surface area contributed by atoms with Gasteiger partial charge in [0.1, 0.15) is 0 Å². The van der Waals surface area contributed by atoms with Gasteiger partial charge in [0, 0.05) is 7.05 Å². The third kappa shape index (κ3) is 3.80. The van der Waals surface area contributed by atoms with Crippen LogP contribution in [0, 0.1) is 0 Å². The summed E-state index contributed by atoms with van der Waals surface area (Å²) in [4.78, 5) is 26.0. The van der Waals surface area contributed by atoms with Crippen LogP contribution < -0.4 is 5.32 Å². The number of hydrogen-bond acceptors (Lipinski definition) is 4. The molecular formula is C12H17ClN2O2S. The van der Waals surface area contributed by atoms with Gasteiger partial charge >= 0.3 is 0 Å². The van der Waals surface area contributed by atoms with Gasteiger partial charge in [-0.1, -0.05) is 18.5 Å². The highest BCUT2D eigenvalue weighted by Gasteiger charge is 2.23. The highest BCUT2D eigenvalue weighted by Crippen LogP contribution is 2.23. The number of rotatable bonds is 6. The molecule has 0 aliphatic carbocycles. The van der Waals surface area contributed by atoms with Crippen LogP contribution in [0.4, 0.5) is 0 Å². The highest BCUT2D eigenvalue weighted by molar-refractivity contribution is 7.18. The second kappa shape index (κ2) is 6.87. The molecule has 0 bridgehead atoms. The summed E-state index contributed by atoms with van der Waals surface area (Å²) in [7, 11) is 1.59. The van der Waals surface area contributed by atoms with E-state index in [-0.39, 0.29) is 24.3 Å². The standard InChI is InChI=1S/C12H17ClN2O2S/c1-4-15(7-11(16)14-3)8(2)12(17)9-5-6-10(13)18-9/h5-6,8H,4,7H2,1-3H3,(H,14,16). The van der Waals surface area contributed by atoms with Crippen LogP contribution in [-0.4, -0.2) is 42.8 Å². The quantitative estimate of drug-likeness (QED) is 0.815. The third-order valence-corrected chi connectivity index (χ3v) is 4.02. The summed E-state index contributed by atoms with van der Waals surface area (Å²) in [5.41, 5.74) is 0. The van der Waals surface area contributed by atoms with E-state index in [1.165, 1.54) is 11.3 Å². The fourth-order valence-electron chi connectivity index (χ4n) is 1.60. The molecule has 4 nitrogen and oxygen atoms in total. The van der Waals surface area contributed by atoms with Crippen molar-refractivity contribution in [3.05, 3.63) is 21.3 Å². The number of nitrogens with zero attached hydrogens (tertiary/aromatic N) is 1. The van der Waals surface area contributed by atoms with Crippen LogP contribution in [0.3, 0.4) is 0 Å². The molecule has 18 heavy (non-hydrogen) atoms. The van der Waals surface area contributed by atoms with E-state index in [4.69, 9.17) is 11.6 Å². The molecule has 0 aliphatic rings. The van der Waals surface area contributed by atoms with Gasteiger partial charge in [0.2, 0.25) is 5.91 Å². The molecule has 1 atom stereocenters. The number of amides is 1. The molecule has 0 saturated heterocycles. The molecule has 1 rings (SSSR count). The summed E-state index contributed by atoms with van der Waals surface area (Å²) in [5.74, 6) is -0.0987. The molecule has 0 saturated carbocycles.